The number of hydrogen-bond donors (Lipinski definition) is 6. The van der Waals surface area contributed by atoms with Crippen LogP contribution >= 0.6 is 0 Å². The quantitative estimate of drug-likeness (QED) is 0.121. The molecule has 0 aliphatic heterocycles. The second-order valence-corrected chi connectivity index (χ2v) is 11.1. The van der Waals surface area contributed by atoms with Gasteiger partial charge in [0.2, 0.25) is 21.9 Å². The summed E-state index contributed by atoms with van der Waals surface area (Å²) in [5.74, 6) is -0.0457. The molecule has 0 atom stereocenters. The van der Waals surface area contributed by atoms with Gasteiger partial charge in [-0.25, -0.2) is 23.6 Å². The van der Waals surface area contributed by atoms with E-state index in [4.69, 9.17) is 5.21 Å². The van der Waals surface area contributed by atoms with Gasteiger partial charge in [0.1, 0.15) is 5.82 Å². The van der Waals surface area contributed by atoms with E-state index in [2.05, 4.69) is 30.6 Å². The fourth-order valence-corrected chi connectivity index (χ4v) is 4.75. The Bertz CT molecular complexity index is 1370. The number of rotatable bonds is 11. The summed E-state index contributed by atoms with van der Waals surface area (Å²) in [5.41, 5.74) is 2.56. The number of hydroxylamine groups is 1. The van der Waals surface area contributed by atoms with Crippen LogP contribution in [0.25, 0.3) is 0 Å². The summed E-state index contributed by atoms with van der Waals surface area (Å²) in [7, 11) is -3.69. The van der Waals surface area contributed by atoms with Gasteiger partial charge in [-0.15, -0.1) is 0 Å². The number of anilines is 4. The fourth-order valence-electron chi connectivity index (χ4n) is 3.28. The van der Waals surface area contributed by atoms with Crippen molar-refractivity contribution in [1.29, 1.82) is 0 Å². The summed E-state index contributed by atoms with van der Waals surface area (Å²) in [5, 5.41) is 17.3. The average molecular weight is 542 g/mol. The Hall–Kier alpha value is -4.07. The van der Waals surface area contributed by atoms with Crippen LogP contribution in [-0.4, -0.2) is 47.5 Å². The van der Waals surface area contributed by atoms with Crippen molar-refractivity contribution in [2.24, 2.45) is 0 Å². The minimum Gasteiger partial charge on any atom is -0.352 e. The lowest BCUT2D eigenvalue weighted by molar-refractivity contribution is -0.129. The van der Waals surface area contributed by atoms with E-state index in [1.165, 1.54) is 12.1 Å². The highest BCUT2D eigenvalue weighted by Crippen LogP contribution is 2.21. The fraction of sp³-hybridized carbons (Fsp3) is 0.280. The van der Waals surface area contributed by atoms with Gasteiger partial charge in [-0.3, -0.25) is 14.8 Å². The summed E-state index contributed by atoms with van der Waals surface area (Å²) in [6.07, 6.45) is 2.05. The zero-order chi connectivity index (χ0) is 27.8. The van der Waals surface area contributed by atoms with Gasteiger partial charge >= 0.3 is 0 Å². The van der Waals surface area contributed by atoms with Crippen LogP contribution in [0.15, 0.2) is 65.7 Å². The van der Waals surface area contributed by atoms with Crippen molar-refractivity contribution in [3.8, 4) is 0 Å². The van der Waals surface area contributed by atoms with Crippen LogP contribution in [0, 0.1) is 0 Å². The highest BCUT2D eigenvalue weighted by Gasteiger charge is 2.22. The van der Waals surface area contributed by atoms with Gasteiger partial charge in [-0.1, -0.05) is 6.07 Å². The molecule has 1 aromatic heterocycles. The lowest BCUT2D eigenvalue weighted by Gasteiger charge is -2.20. The van der Waals surface area contributed by atoms with E-state index in [0.717, 1.165) is 0 Å². The van der Waals surface area contributed by atoms with Crippen molar-refractivity contribution in [1.82, 2.24) is 25.5 Å². The molecule has 0 aliphatic rings. The van der Waals surface area contributed by atoms with Gasteiger partial charge in [-0.2, -0.15) is 4.98 Å². The second kappa shape index (κ2) is 12.4. The summed E-state index contributed by atoms with van der Waals surface area (Å²) in [6.45, 7) is 5.61. The molecule has 1 heterocycles. The summed E-state index contributed by atoms with van der Waals surface area (Å²) >= 11 is 0. The first kappa shape index (κ1) is 28.5. The van der Waals surface area contributed by atoms with E-state index < -0.39 is 21.5 Å². The standard InChI is InChI=1S/C25H31N7O5S/c1-25(2,3)32-38(36,37)20-7-4-6-19(16-20)28-21-13-15-27-24(30-21)29-18-11-9-17(10-12-18)23(34)26-14-5-8-22(33)31-35/h4,6-7,9-13,15-16,32,35H,5,8,14H2,1-3H3,(H,26,34)(H,31,33)(H2,27,28,29,30). The monoisotopic (exact) mass is 541 g/mol. The zero-order valence-electron chi connectivity index (χ0n) is 21.3. The molecule has 2 aromatic carbocycles. The zero-order valence-corrected chi connectivity index (χ0v) is 22.1. The van der Waals surface area contributed by atoms with E-state index in [1.54, 1.807) is 74.9 Å². The van der Waals surface area contributed by atoms with Crippen LogP contribution in [-0.2, 0) is 14.8 Å². The number of nitrogens with one attached hydrogen (secondary N) is 5. The molecule has 0 saturated carbocycles. The van der Waals surface area contributed by atoms with Crippen LogP contribution in [0.4, 0.5) is 23.1 Å². The molecule has 13 heteroatoms. The number of carbonyl (C=O) groups excluding carboxylic acids is 2. The van der Waals surface area contributed by atoms with Crippen molar-refractivity contribution in [3.63, 3.8) is 0 Å². The molecule has 0 saturated heterocycles. The van der Waals surface area contributed by atoms with Crippen molar-refractivity contribution >= 4 is 45.0 Å². The molecule has 3 aromatic rings. The van der Waals surface area contributed by atoms with Crippen molar-refractivity contribution in [2.45, 2.75) is 44.0 Å². The smallest absolute Gasteiger partial charge is 0.251 e. The Morgan fingerprint density at radius 3 is 2.39 bits per heavy atom. The first-order chi connectivity index (χ1) is 17.9. The van der Waals surface area contributed by atoms with Gasteiger partial charge in [0.15, 0.2) is 0 Å². The van der Waals surface area contributed by atoms with Crippen LogP contribution in [0.2, 0.25) is 0 Å². The third kappa shape index (κ3) is 8.80. The van der Waals surface area contributed by atoms with Crippen LogP contribution in [0.5, 0.6) is 0 Å². The normalized spacial score (nSPS) is 11.5. The maximum Gasteiger partial charge on any atom is 0.251 e. The Balaban J connectivity index is 1.61. The molecular formula is C25H31N7O5S. The Morgan fingerprint density at radius 2 is 1.71 bits per heavy atom. The third-order valence-corrected chi connectivity index (χ3v) is 6.66. The number of aromatic nitrogens is 2. The lowest BCUT2D eigenvalue weighted by atomic mass is 10.1. The van der Waals surface area contributed by atoms with Crippen LogP contribution < -0.4 is 26.2 Å². The van der Waals surface area contributed by atoms with E-state index in [-0.39, 0.29) is 17.2 Å². The van der Waals surface area contributed by atoms with Crippen LogP contribution in [0.3, 0.4) is 0 Å². The lowest BCUT2D eigenvalue weighted by Crippen LogP contribution is -2.40. The number of carbonyl (C=O) groups is 2. The topological polar surface area (TPSA) is 174 Å². The van der Waals surface area contributed by atoms with Gasteiger partial charge in [0.05, 0.1) is 4.90 Å². The molecular weight excluding hydrogens is 510 g/mol. The predicted molar refractivity (Wildman–Crippen MR) is 143 cm³/mol. The summed E-state index contributed by atoms with van der Waals surface area (Å²) < 4.78 is 27.9. The summed E-state index contributed by atoms with van der Waals surface area (Å²) in [6, 6.07) is 14.7. The van der Waals surface area contributed by atoms with E-state index in [0.29, 0.717) is 41.7 Å². The number of sulfonamides is 1. The molecule has 3 rings (SSSR count). The SMILES string of the molecule is CC(C)(C)NS(=O)(=O)c1cccc(Nc2ccnc(Nc3ccc(C(=O)NCCCC(=O)NO)cc3)n2)c1. The maximum atomic E-state index is 12.7. The molecule has 0 unspecified atom stereocenters. The first-order valence-corrected chi connectivity index (χ1v) is 13.3. The average Bonchev–Trinajstić information content (AvgIpc) is 2.86. The van der Waals surface area contributed by atoms with Crippen molar-refractivity contribution in [2.75, 3.05) is 17.2 Å². The molecule has 202 valence electrons. The molecule has 0 aliphatic carbocycles. The van der Waals surface area contributed by atoms with Gasteiger partial charge in [0.25, 0.3) is 5.91 Å². The molecule has 2 amide bonds. The summed E-state index contributed by atoms with van der Waals surface area (Å²) in [4.78, 5) is 32.0. The van der Waals surface area contributed by atoms with E-state index in [9.17, 15) is 18.0 Å². The van der Waals surface area contributed by atoms with Gasteiger partial charge < -0.3 is 16.0 Å². The Labute approximate surface area is 221 Å². The van der Waals surface area contributed by atoms with Crippen molar-refractivity contribution < 1.29 is 23.2 Å². The predicted octanol–water partition coefficient (Wildman–Crippen LogP) is 3.06. The second-order valence-electron chi connectivity index (χ2n) is 9.37. The Morgan fingerprint density at radius 1 is 0.974 bits per heavy atom. The minimum atomic E-state index is -3.69. The van der Waals surface area contributed by atoms with Gasteiger partial charge in [0, 0.05) is 41.6 Å². The highest BCUT2D eigenvalue weighted by molar-refractivity contribution is 7.89. The van der Waals surface area contributed by atoms with Crippen molar-refractivity contribution in [3.05, 3.63) is 66.4 Å². The third-order valence-electron chi connectivity index (χ3n) is 4.91. The Kier molecular flexibility index (Phi) is 9.34. The number of benzene rings is 2. The highest BCUT2D eigenvalue weighted by atomic mass is 32.2. The molecule has 0 fully saturated rings. The minimum absolute atomic E-state index is 0.104. The molecule has 6 N–H and O–H groups in total. The molecule has 0 spiro atoms. The van der Waals surface area contributed by atoms with E-state index in [1.807, 2.05) is 0 Å². The largest absolute Gasteiger partial charge is 0.352 e. The molecule has 0 radical (unpaired) electrons. The van der Waals surface area contributed by atoms with Gasteiger partial charge in [-0.05, 0) is 75.7 Å². The number of hydrogen-bond acceptors (Lipinski definition) is 9. The molecule has 0 bridgehead atoms. The van der Waals surface area contributed by atoms with Crippen LogP contribution in [0.1, 0.15) is 44.0 Å². The number of amides is 2. The molecule has 12 nitrogen and oxygen atoms in total. The first-order valence-electron chi connectivity index (χ1n) is 11.8. The van der Waals surface area contributed by atoms with E-state index >= 15 is 0 Å². The molecule has 38 heavy (non-hydrogen) atoms. The maximum absolute atomic E-state index is 12.7. The number of nitrogens with zero attached hydrogens (tertiary/aromatic N) is 2.